The maximum atomic E-state index is 13.0. The number of aliphatic hydroxyl groups excluding tert-OH is 1. The van der Waals surface area contributed by atoms with Crippen molar-refractivity contribution in [2.75, 3.05) is 33.8 Å². The molecular formula is C26H31BrN2O4. The van der Waals surface area contributed by atoms with Crippen molar-refractivity contribution < 1.29 is 19.4 Å². The molecule has 1 aliphatic rings. The quantitative estimate of drug-likeness (QED) is 0.209. The smallest absolute Gasteiger partial charge is 0.295 e. The number of ether oxygens (including phenoxy) is 1. The molecule has 1 N–H and O–H groups in total. The Morgan fingerprint density at radius 3 is 2.33 bits per heavy atom. The molecule has 176 valence electrons. The number of nitrogens with zero attached hydrogens (tertiary/aromatic N) is 2. The molecule has 1 fully saturated rings. The van der Waals surface area contributed by atoms with Crippen LogP contribution in [0.2, 0.25) is 0 Å². The van der Waals surface area contributed by atoms with Crippen molar-refractivity contribution >= 4 is 33.4 Å². The van der Waals surface area contributed by atoms with Gasteiger partial charge in [0.15, 0.2) is 0 Å². The summed E-state index contributed by atoms with van der Waals surface area (Å²) < 4.78 is 6.67. The van der Waals surface area contributed by atoms with Crippen molar-refractivity contribution in [2.45, 2.75) is 32.2 Å². The Bertz CT molecular complexity index is 1000. The van der Waals surface area contributed by atoms with Crippen molar-refractivity contribution in [1.82, 2.24) is 9.80 Å². The molecule has 6 nitrogen and oxygen atoms in total. The fraction of sp³-hybridized carbons (Fsp3) is 0.385. The molecule has 0 aromatic heterocycles. The van der Waals surface area contributed by atoms with Gasteiger partial charge in [-0.25, -0.2) is 0 Å². The Morgan fingerprint density at radius 1 is 1.06 bits per heavy atom. The van der Waals surface area contributed by atoms with E-state index in [9.17, 15) is 14.7 Å². The first-order valence-corrected chi connectivity index (χ1v) is 12.0. The number of rotatable bonds is 10. The zero-order valence-electron chi connectivity index (χ0n) is 19.4. The van der Waals surface area contributed by atoms with E-state index in [0.717, 1.165) is 35.0 Å². The van der Waals surface area contributed by atoms with Gasteiger partial charge in [0.05, 0.1) is 18.2 Å². The van der Waals surface area contributed by atoms with Gasteiger partial charge in [0, 0.05) is 23.1 Å². The van der Waals surface area contributed by atoms with Gasteiger partial charge >= 0.3 is 0 Å². The van der Waals surface area contributed by atoms with Crippen molar-refractivity contribution in [2.24, 2.45) is 0 Å². The highest BCUT2D eigenvalue weighted by atomic mass is 79.9. The fourth-order valence-corrected chi connectivity index (χ4v) is 4.08. The number of likely N-dealkylation sites (N-methyl/N-ethyl adjacent to an activating group) is 1. The van der Waals surface area contributed by atoms with Crippen molar-refractivity contribution in [3.05, 3.63) is 69.7 Å². The van der Waals surface area contributed by atoms with Gasteiger partial charge in [0.25, 0.3) is 11.7 Å². The molecule has 0 aliphatic carbocycles. The molecule has 1 saturated heterocycles. The first-order chi connectivity index (χ1) is 15.8. The summed E-state index contributed by atoms with van der Waals surface area (Å²) in [4.78, 5) is 29.5. The van der Waals surface area contributed by atoms with E-state index in [1.165, 1.54) is 0 Å². The normalized spacial score (nSPS) is 17.7. The summed E-state index contributed by atoms with van der Waals surface area (Å²) in [6.45, 7) is 3.77. The second kappa shape index (κ2) is 11.5. The van der Waals surface area contributed by atoms with Crippen molar-refractivity contribution in [3.8, 4) is 5.75 Å². The van der Waals surface area contributed by atoms with Crippen LogP contribution in [0, 0.1) is 0 Å². The average Bonchev–Trinajstić information content (AvgIpc) is 3.05. The predicted octanol–water partition coefficient (Wildman–Crippen LogP) is 5.00. The summed E-state index contributed by atoms with van der Waals surface area (Å²) >= 11 is 3.38. The average molecular weight is 515 g/mol. The number of Topliss-reactive ketones (excluding diaryl/α,β-unsaturated/α-hetero) is 1. The Labute approximate surface area is 204 Å². The van der Waals surface area contributed by atoms with E-state index in [0.29, 0.717) is 25.3 Å². The number of amides is 1. The number of aliphatic hydroxyl groups is 1. The minimum atomic E-state index is -0.668. The molecule has 1 aliphatic heterocycles. The third-order valence-electron chi connectivity index (χ3n) is 5.66. The Morgan fingerprint density at radius 2 is 1.73 bits per heavy atom. The number of halogens is 1. The third kappa shape index (κ3) is 6.03. The highest BCUT2D eigenvalue weighted by Gasteiger charge is 2.45. The number of benzene rings is 2. The molecule has 7 heteroatoms. The highest BCUT2D eigenvalue weighted by molar-refractivity contribution is 9.10. The highest BCUT2D eigenvalue weighted by Crippen LogP contribution is 2.39. The molecule has 1 heterocycles. The molecule has 3 rings (SSSR count). The van der Waals surface area contributed by atoms with E-state index in [1.54, 1.807) is 29.2 Å². The van der Waals surface area contributed by atoms with Crippen LogP contribution in [0.5, 0.6) is 5.75 Å². The van der Waals surface area contributed by atoms with Crippen LogP contribution in [0.1, 0.15) is 43.4 Å². The number of carbonyl (C=O) groups is 2. The fourth-order valence-electron chi connectivity index (χ4n) is 3.82. The lowest BCUT2D eigenvalue weighted by atomic mass is 9.95. The van der Waals surface area contributed by atoms with Crippen LogP contribution in [0.3, 0.4) is 0 Å². The van der Waals surface area contributed by atoms with Gasteiger partial charge in [-0.1, -0.05) is 60.0 Å². The molecule has 0 radical (unpaired) electrons. The van der Waals surface area contributed by atoms with E-state index < -0.39 is 17.7 Å². The first-order valence-electron chi connectivity index (χ1n) is 11.2. The summed E-state index contributed by atoms with van der Waals surface area (Å²) in [5.74, 6) is -0.689. The maximum absolute atomic E-state index is 13.0. The Hall–Kier alpha value is -2.64. The number of carbonyl (C=O) groups excluding carboxylic acids is 2. The van der Waals surface area contributed by atoms with Crippen LogP contribution in [-0.2, 0) is 9.59 Å². The monoisotopic (exact) mass is 514 g/mol. The number of hydrogen-bond donors (Lipinski definition) is 1. The van der Waals surface area contributed by atoms with Gasteiger partial charge in [-0.2, -0.15) is 0 Å². The Kier molecular flexibility index (Phi) is 8.69. The lowest BCUT2D eigenvalue weighted by Gasteiger charge is -2.26. The first kappa shape index (κ1) is 25.0. The second-order valence-corrected chi connectivity index (χ2v) is 9.34. The number of unbranched alkanes of at least 4 members (excludes halogenated alkanes) is 2. The van der Waals surface area contributed by atoms with E-state index in [-0.39, 0.29) is 11.3 Å². The molecule has 0 spiro atoms. The zero-order chi connectivity index (χ0) is 24.0. The van der Waals surface area contributed by atoms with Crippen LogP contribution < -0.4 is 4.74 Å². The van der Waals surface area contributed by atoms with Crippen LogP contribution in [-0.4, -0.2) is 60.4 Å². The van der Waals surface area contributed by atoms with E-state index in [4.69, 9.17) is 4.74 Å². The molecule has 1 atom stereocenters. The summed E-state index contributed by atoms with van der Waals surface area (Å²) in [7, 11) is 3.83. The van der Waals surface area contributed by atoms with E-state index in [1.807, 2.05) is 43.3 Å². The third-order valence-corrected chi connectivity index (χ3v) is 6.19. The van der Waals surface area contributed by atoms with Gasteiger partial charge < -0.3 is 19.6 Å². The van der Waals surface area contributed by atoms with E-state index in [2.05, 4.69) is 22.9 Å². The van der Waals surface area contributed by atoms with Gasteiger partial charge in [0.1, 0.15) is 11.5 Å². The molecule has 0 saturated carbocycles. The topological polar surface area (TPSA) is 70.1 Å². The number of likely N-dealkylation sites (tertiary alicyclic amines) is 1. The molecule has 1 unspecified atom stereocenters. The van der Waals surface area contributed by atoms with E-state index >= 15 is 0 Å². The largest absolute Gasteiger partial charge is 0.507 e. The summed E-state index contributed by atoms with van der Waals surface area (Å²) in [6.07, 6.45) is 3.25. The van der Waals surface area contributed by atoms with Gasteiger partial charge in [-0.3, -0.25) is 9.59 Å². The number of ketones is 1. The molecule has 2 aromatic rings. The Balaban J connectivity index is 1.97. The van der Waals surface area contributed by atoms with Crippen LogP contribution in [0.4, 0.5) is 0 Å². The minimum Gasteiger partial charge on any atom is -0.507 e. The molecular weight excluding hydrogens is 484 g/mol. The second-order valence-electron chi connectivity index (χ2n) is 8.43. The molecule has 0 bridgehead atoms. The number of hydrogen-bond acceptors (Lipinski definition) is 5. The molecule has 2 aromatic carbocycles. The SMILES string of the molecule is CCCCCOc1ccc(C2/C(=C(\O)c3ccc(Br)cc3)C(=O)C(=O)N2CCN(C)C)cc1. The van der Waals surface area contributed by atoms with Crippen molar-refractivity contribution in [3.63, 3.8) is 0 Å². The lowest BCUT2D eigenvalue weighted by Crippen LogP contribution is -2.35. The van der Waals surface area contributed by atoms with Gasteiger partial charge in [-0.05, 0) is 50.3 Å². The summed E-state index contributed by atoms with van der Waals surface area (Å²) in [6, 6.07) is 13.8. The van der Waals surface area contributed by atoms with Crippen LogP contribution in [0.25, 0.3) is 5.76 Å². The lowest BCUT2D eigenvalue weighted by molar-refractivity contribution is -0.140. The maximum Gasteiger partial charge on any atom is 0.295 e. The molecule has 33 heavy (non-hydrogen) atoms. The van der Waals surface area contributed by atoms with Gasteiger partial charge in [-0.15, -0.1) is 0 Å². The van der Waals surface area contributed by atoms with Crippen LogP contribution in [0.15, 0.2) is 58.6 Å². The summed E-state index contributed by atoms with van der Waals surface area (Å²) in [5.41, 5.74) is 1.36. The van der Waals surface area contributed by atoms with Crippen LogP contribution >= 0.6 is 15.9 Å². The van der Waals surface area contributed by atoms with Gasteiger partial charge in [0.2, 0.25) is 0 Å². The standard InChI is InChI=1S/C26H31BrN2O4/c1-4-5-6-17-33-21-13-9-18(10-14-21)23-22(24(30)19-7-11-20(27)12-8-19)25(31)26(32)29(23)16-15-28(2)3/h7-14,23,30H,4-6,15-17H2,1-3H3/b24-22+. The molecule has 1 amide bonds. The summed E-state index contributed by atoms with van der Waals surface area (Å²) in [5, 5.41) is 11.1. The zero-order valence-corrected chi connectivity index (χ0v) is 21.0. The predicted molar refractivity (Wildman–Crippen MR) is 133 cm³/mol. The minimum absolute atomic E-state index is 0.109. The van der Waals surface area contributed by atoms with Crippen molar-refractivity contribution in [1.29, 1.82) is 0 Å².